The first-order chi connectivity index (χ1) is 4.70. The number of hydrogen-bond donors (Lipinski definition) is 0. The summed E-state index contributed by atoms with van der Waals surface area (Å²) >= 11 is 5.48. The van der Waals surface area contributed by atoms with Crippen LogP contribution in [0.5, 0.6) is 0 Å². The maximum Gasteiger partial charge on any atom is 0.142 e. The van der Waals surface area contributed by atoms with Gasteiger partial charge in [-0.25, -0.2) is 9.37 Å². The summed E-state index contributed by atoms with van der Waals surface area (Å²) in [6.45, 7) is 3.16. The summed E-state index contributed by atoms with van der Waals surface area (Å²) in [7, 11) is 0. The molecule has 1 aromatic rings. The van der Waals surface area contributed by atoms with Crippen LogP contribution in [0.3, 0.4) is 0 Å². The van der Waals surface area contributed by atoms with Crippen LogP contribution in [0.25, 0.3) is 0 Å². The third kappa shape index (κ3) is 1.67. The number of nitrogens with zero attached hydrogens (tertiary/aromatic N) is 1. The molecule has 0 fully saturated rings. The van der Waals surface area contributed by atoms with E-state index in [-0.39, 0.29) is 5.69 Å². The topological polar surface area (TPSA) is 12.9 Å². The van der Waals surface area contributed by atoms with Gasteiger partial charge < -0.3 is 0 Å². The molecule has 0 saturated carbocycles. The van der Waals surface area contributed by atoms with Gasteiger partial charge in [-0.1, -0.05) is 17.7 Å². The molecule has 0 aliphatic heterocycles. The Morgan fingerprint density at radius 3 is 2.70 bits per heavy atom. The van der Waals surface area contributed by atoms with E-state index in [1.54, 1.807) is 18.2 Å². The fourth-order valence-corrected chi connectivity index (χ4v) is 0.769. The van der Waals surface area contributed by atoms with Gasteiger partial charge in [0.1, 0.15) is 11.3 Å². The van der Waals surface area contributed by atoms with Crippen molar-refractivity contribution >= 4 is 11.6 Å². The maximum absolute atomic E-state index is 12.4. The van der Waals surface area contributed by atoms with Crippen molar-refractivity contribution in [2.75, 3.05) is 0 Å². The fraction of sp³-hybridized carbons (Fsp3) is 0.143. The second kappa shape index (κ2) is 2.97. The summed E-state index contributed by atoms with van der Waals surface area (Å²) < 4.78 is 12.4. The van der Waals surface area contributed by atoms with Crippen molar-refractivity contribution in [1.82, 2.24) is 4.98 Å². The lowest BCUT2D eigenvalue weighted by atomic mass is 10.3. The van der Waals surface area contributed by atoms with E-state index < -0.39 is 6.17 Å². The first-order valence-electron chi connectivity index (χ1n) is 2.80. The van der Waals surface area contributed by atoms with Crippen LogP contribution in [0, 0.1) is 6.92 Å². The van der Waals surface area contributed by atoms with Crippen LogP contribution in [0.1, 0.15) is 11.9 Å². The highest BCUT2D eigenvalue weighted by molar-refractivity contribution is 6.29. The van der Waals surface area contributed by atoms with E-state index in [1.165, 1.54) is 0 Å². The molecule has 0 amide bonds. The molecule has 1 rings (SSSR count). The Bertz CT molecular complexity index is 225. The first-order valence-corrected chi connectivity index (χ1v) is 3.17. The molecule has 0 saturated heterocycles. The average molecular weight is 159 g/mol. The van der Waals surface area contributed by atoms with Crippen LogP contribution < -0.4 is 0 Å². The number of pyridine rings is 1. The van der Waals surface area contributed by atoms with E-state index in [1.807, 2.05) is 0 Å². The summed E-state index contributed by atoms with van der Waals surface area (Å²) in [6, 6.07) is 4.78. The van der Waals surface area contributed by atoms with Gasteiger partial charge in [-0.05, 0) is 19.1 Å². The highest BCUT2D eigenvalue weighted by Gasteiger charge is 2.03. The Morgan fingerprint density at radius 2 is 2.30 bits per heavy atom. The normalized spacial score (nSPS) is 13.1. The molecular weight excluding hydrogens is 153 g/mol. The highest BCUT2D eigenvalue weighted by Crippen LogP contribution is 2.14. The van der Waals surface area contributed by atoms with Crippen LogP contribution in [-0.2, 0) is 0 Å². The fourth-order valence-electron chi connectivity index (χ4n) is 0.598. The first kappa shape index (κ1) is 7.48. The van der Waals surface area contributed by atoms with Crippen molar-refractivity contribution in [3.63, 3.8) is 0 Å². The summed E-state index contributed by atoms with van der Waals surface area (Å²) in [5.74, 6) is 0. The standard InChI is InChI=1S/C7H6ClFN/c1-5(9)6-3-2-4-7(8)10-6/h2-5H,1H2. The Labute approximate surface area is 63.8 Å². The Balaban J connectivity index is 2.96. The number of alkyl halides is 1. The van der Waals surface area contributed by atoms with Crippen LogP contribution in [0.4, 0.5) is 4.39 Å². The minimum Gasteiger partial charge on any atom is -0.241 e. The zero-order chi connectivity index (χ0) is 7.56. The van der Waals surface area contributed by atoms with Crippen molar-refractivity contribution in [2.45, 2.75) is 6.17 Å². The van der Waals surface area contributed by atoms with Gasteiger partial charge in [0.25, 0.3) is 0 Å². The van der Waals surface area contributed by atoms with Gasteiger partial charge in [0.15, 0.2) is 0 Å². The van der Waals surface area contributed by atoms with Crippen LogP contribution >= 0.6 is 11.6 Å². The zero-order valence-corrected chi connectivity index (χ0v) is 5.98. The second-order valence-corrected chi connectivity index (χ2v) is 2.24. The van der Waals surface area contributed by atoms with Gasteiger partial charge in [-0.15, -0.1) is 0 Å². The van der Waals surface area contributed by atoms with Gasteiger partial charge in [0, 0.05) is 0 Å². The van der Waals surface area contributed by atoms with E-state index >= 15 is 0 Å². The number of rotatable bonds is 1. The third-order valence-corrected chi connectivity index (χ3v) is 1.27. The van der Waals surface area contributed by atoms with Crippen LogP contribution in [-0.4, -0.2) is 4.98 Å². The SMILES string of the molecule is [CH2]C(F)c1cccc(Cl)n1. The molecular formula is C7H6ClFN. The monoisotopic (exact) mass is 158 g/mol. The van der Waals surface area contributed by atoms with Gasteiger partial charge in [0.05, 0.1) is 5.69 Å². The Kier molecular flexibility index (Phi) is 2.22. The predicted octanol–water partition coefficient (Wildman–Crippen LogP) is 2.58. The molecule has 3 heteroatoms. The van der Waals surface area contributed by atoms with E-state index in [0.29, 0.717) is 5.15 Å². The summed E-state index contributed by atoms with van der Waals surface area (Å²) in [6.07, 6.45) is -1.29. The Morgan fingerprint density at radius 1 is 1.60 bits per heavy atom. The van der Waals surface area contributed by atoms with Crippen molar-refractivity contribution in [3.05, 3.63) is 36.0 Å². The van der Waals surface area contributed by atoms with Gasteiger partial charge in [-0.3, -0.25) is 0 Å². The van der Waals surface area contributed by atoms with Crippen LogP contribution in [0.15, 0.2) is 18.2 Å². The van der Waals surface area contributed by atoms with Crippen molar-refractivity contribution in [1.29, 1.82) is 0 Å². The van der Waals surface area contributed by atoms with Crippen molar-refractivity contribution in [3.8, 4) is 0 Å². The van der Waals surface area contributed by atoms with Gasteiger partial charge >= 0.3 is 0 Å². The van der Waals surface area contributed by atoms with E-state index in [2.05, 4.69) is 11.9 Å². The zero-order valence-electron chi connectivity index (χ0n) is 5.22. The molecule has 0 spiro atoms. The van der Waals surface area contributed by atoms with E-state index in [4.69, 9.17) is 11.6 Å². The van der Waals surface area contributed by atoms with E-state index in [9.17, 15) is 4.39 Å². The number of halogens is 2. The maximum atomic E-state index is 12.4. The number of hydrogen-bond acceptors (Lipinski definition) is 1. The summed E-state index contributed by atoms with van der Waals surface area (Å²) in [4.78, 5) is 3.70. The lowest BCUT2D eigenvalue weighted by molar-refractivity contribution is 0.402. The second-order valence-electron chi connectivity index (χ2n) is 1.85. The smallest absolute Gasteiger partial charge is 0.142 e. The summed E-state index contributed by atoms with van der Waals surface area (Å²) in [5.41, 5.74) is 0.271. The molecule has 1 aromatic heterocycles. The molecule has 0 bridgehead atoms. The van der Waals surface area contributed by atoms with Crippen molar-refractivity contribution in [2.24, 2.45) is 0 Å². The molecule has 0 aromatic carbocycles. The lowest BCUT2D eigenvalue weighted by Gasteiger charge is -1.98. The lowest BCUT2D eigenvalue weighted by Crippen LogP contribution is -1.89. The molecule has 1 atom stereocenters. The molecule has 53 valence electrons. The van der Waals surface area contributed by atoms with Crippen molar-refractivity contribution < 1.29 is 4.39 Å². The van der Waals surface area contributed by atoms with Gasteiger partial charge in [0.2, 0.25) is 0 Å². The molecule has 1 heterocycles. The molecule has 1 unspecified atom stereocenters. The molecule has 0 N–H and O–H groups in total. The Hall–Kier alpha value is -0.630. The molecule has 1 radical (unpaired) electrons. The largest absolute Gasteiger partial charge is 0.241 e. The quantitative estimate of drug-likeness (QED) is 0.573. The molecule has 10 heavy (non-hydrogen) atoms. The molecule has 0 aliphatic rings. The average Bonchev–Trinajstić information content (AvgIpc) is 1.88. The van der Waals surface area contributed by atoms with Crippen LogP contribution in [0.2, 0.25) is 5.15 Å². The molecule has 1 nitrogen and oxygen atoms in total. The van der Waals surface area contributed by atoms with E-state index in [0.717, 1.165) is 0 Å². The third-order valence-electron chi connectivity index (χ3n) is 1.06. The predicted molar refractivity (Wildman–Crippen MR) is 38.5 cm³/mol. The summed E-state index contributed by atoms with van der Waals surface area (Å²) in [5, 5.41) is 0.295. The highest BCUT2D eigenvalue weighted by atomic mass is 35.5. The minimum atomic E-state index is -1.29. The number of aromatic nitrogens is 1. The molecule has 0 aliphatic carbocycles. The minimum absolute atomic E-state index is 0.271. The van der Waals surface area contributed by atoms with Gasteiger partial charge in [-0.2, -0.15) is 0 Å².